The first-order valence-electron chi connectivity index (χ1n) is 30.6. The average molecular weight is 1140 g/mol. The third-order valence-corrected chi connectivity index (χ3v) is 18.7. The first-order valence-corrected chi connectivity index (χ1v) is 30.6. The molecule has 0 bridgehead atoms. The summed E-state index contributed by atoms with van der Waals surface area (Å²) in [5.41, 5.74) is 27.5. The van der Waals surface area contributed by atoms with Crippen molar-refractivity contribution >= 4 is 78.0 Å². The Morgan fingerprint density at radius 3 is 0.831 bits per heavy atom. The third kappa shape index (κ3) is 7.80. The number of rotatable bonds is 8. The lowest BCUT2D eigenvalue weighted by Gasteiger charge is -2.51. The number of anilines is 6. The zero-order valence-corrected chi connectivity index (χ0v) is 48.4. The van der Waals surface area contributed by atoms with Crippen molar-refractivity contribution < 1.29 is 8.83 Å². The quantitative estimate of drug-likeness (QED) is 0.152. The first-order chi connectivity index (χ1) is 44.2. The van der Waals surface area contributed by atoms with Crippen molar-refractivity contribution in [1.29, 1.82) is 0 Å². The largest absolute Gasteiger partial charge is 0.455 e. The maximum absolute atomic E-state index is 6.95. The van der Waals surface area contributed by atoms with Crippen LogP contribution in [0.3, 0.4) is 0 Å². The standard InChI is InChI=1S/C85H54N2O2/c1-5-21-55(22-6-1)61-45-51-79-75(53-61)85(73-37-13-15-39-77(73)86(79)63-47-41-59(42-48-63)67-31-19-35-71-69-33-17-29-65(81(69)88-83(67)71)57-25-9-3-10-26-57)74-38-14-16-40-78(74)87(80-52-46-62(54-76(80)85)56-23-7-2-8-24-56)64-49-43-60(44-50-64)68-32-20-36-72-70-34-18-30-66(82(70)89-84(68)72)58-27-11-4-12-28-58/h1-54H. The van der Waals surface area contributed by atoms with Crippen molar-refractivity contribution in [3.8, 4) is 66.8 Å². The van der Waals surface area contributed by atoms with E-state index >= 15 is 0 Å². The molecule has 4 nitrogen and oxygen atoms in total. The van der Waals surface area contributed by atoms with Gasteiger partial charge in [-0.2, -0.15) is 0 Å². The number of furan rings is 2. The molecule has 4 heterocycles. The molecular weight excluding hydrogens is 1080 g/mol. The number of nitrogens with zero attached hydrogens (tertiary/aromatic N) is 2. The number of hydrogen-bond acceptors (Lipinski definition) is 4. The van der Waals surface area contributed by atoms with Gasteiger partial charge in [-0.3, -0.25) is 0 Å². The van der Waals surface area contributed by atoms with Crippen molar-refractivity contribution in [2.24, 2.45) is 0 Å². The van der Waals surface area contributed by atoms with E-state index in [9.17, 15) is 0 Å². The third-order valence-electron chi connectivity index (χ3n) is 18.7. The summed E-state index contributed by atoms with van der Waals surface area (Å²) in [4.78, 5) is 4.98. The lowest BCUT2D eigenvalue weighted by Crippen LogP contribution is -2.42. The summed E-state index contributed by atoms with van der Waals surface area (Å²) < 4.78 is 13.9. The highest BCUT2D eigenvalue weighted by Crippen LogP contribution is 2.65. The Balaban J connectivity index is 0.814. The van der Waals surface area contributed by atoms with Crippen LogP contribution in [0.2, 0.25) is 0 Å². The second-order valence-corrected chi connectivity index (χ2v) is 23.4. The number of para-hydroxylation sites is 6. The Labute approximate surface area is 515 Å². The van der Waals surface area contributed by atoms with Crippen LogP contribution in [0.25, 0.3) is 111 Å². The average Bonchev–Trinajstić information content (AvgIpc) is 1.31. The SMILES string of the molecule is c1ccc(-c2ccc3c(c2)C2(c4ccccc4N3c3ccc(-c4cccc5c4oc4c(-c6ccccc6)cccc45)cc3)c3ccccc3N(c3ccc(-c4cccc5c4oc4c(-c6ccccc6)cccc45)cc3)c3ccc(-c4ccccc4)cc32)cc1. The summed E-state index contributed by atoms with van der Waals surface area (Å²) in [5.74, 6) is 0. The Kier molecular flexibility index (Phi) is 11.5. The van der Waals surface area contributed by atoms with E-state index in [-0.39, 0.29) is 0 Å². The molecule has 16 aromatic rings. The topological polar surface area (TPSA) is 32.8 Å². The Morgan fingerprint density at radius 1 is 0.202 bits per heavy atom. The highest BCUT2D eigenvalue weighted by molar-refractivity contribution is 6.14. The zero-order valence-electron chi connectivity index (χ0n) is 48.4. The fraction of sp³-hybridized carbons (Fsp3) is 0.0118. The minimum atomic E-state index is -0.800. The van der Waals surface area contributed by atoms with Crippen LogP contribution in [0, 0.1) is 0 Å². The molecule has 0 radical (unpaired) electrons. The molecule has 1 spiro atoms. The van der Waals surface area contributed by atoms with Gasteiger partial charge >= 0.3 is 0 Å². The van der Waals surface area contributed by atoms with Gasteiger partial charge in [-0.25, -0.2) is 0 Å². The second kappa shape index (κ2) is 20.2. The Hall–Kier alpha value is -11.7. The van der Waals surface area contributed by atoms with E-state index < -0.39 is 5.41 Å². The van der Waals surface area contributed by atoms with Crippen molar-refractivity contribution in [3.63, 3.8) is 0 Å². The summed E-state index contributed by atoms with van der Waals surface area (Å²) in [5, 5.41) is 4.43. The lowest BCUT2D eigenvalue weighted by atomic mass is 9.59. The van der Waals surface area contributed by atoms with E-state index in [4.69, 9.17) is 8.83 Å². The van der Waals surface area contributed by atoms with E-state index in [2.05, 4.69) is 337 Å². The molecule has 4 heteroatoms. The Bertz CT molecular complexity index is 5080. The normalized spacial score (nSPS) is 13.0. The maximum atomic E-state index is 6.95. The van der Waals surface area contributed by atoms with E-state index in [1.54, 1.807) is 0 Å². The minimum absolute atomic E-state index is 0.800. The van der Waals surface area contributed by atoms with Crippen LogP contribution in [0.1, 0.15) is 22.3 Å². The van der Waals surface area contributed by atoms with E-state index in [0.29, 0.717) is 0 Å². The zero-order chi connectivity index (χ0) is 58.6. The molecule has 0 N–H and O–H groups in total. The van der Waals surface area contributed by atoms with Gasteiger partial charge in [-0.1, -0.05) is 267 Å². The van der Waals surface area contributed by atoms with Crippen molar-refractivity contribution in [2.75, 3.05) is 9.80 Å². The van der Waals surface area contributed by atoms with Gasteiger partial charge in [0.25, 0.3) is 0 Å². The predicted molar refractivity (Wildman–Crippen MR) is 368 cm³/mol. The highest BCUT2D eigenvalue weighted by atomic mass is 16.3. The molecule has 0 amide bonds. The molecule has 0 aliphatic carbocycles. The molecule has 0 unspecified atom stereocenters. The molecular formula is C85H54N2O2. The molecule has 0 saturated carbocycles. The maximum Gasteiger partial charge on any atom is 0.143 e. The summed E-state index contributed by atoms with van der Waals surface area (Å²) in [7, 11) is 0. The monoisotopic (exact) mass is 1130 g/mol. The van der Waals surface area contributed by atoms with Crippen LogP contribution in [-0.4, -0.2) is 0 Å². The van der Waals surface area contributed by atoms with Gasteiger partial charge in [0.05, 0.1) is 28.2 Å². The Morgan fingerprint density at radius 2 is 0.483 bits per heavy atom. The number of benzene rings is 14. The smallest absolute Gasteiger partial charge is 0.143 e. The van der Waals surface area contributed by atoms with Crippen LogP contribution >= 0.6 is 0 Å². The summed E-state index contributed by atoms with van der Waals surface area (Å²) in [6.07, 6.45) is 0. The number of fused-ring (bicyclic) bond motifs is 14. The van der Waals surface area contributed by atoms with Crippen LogP contribution < -0.4 is 9.80 Å². The molecule has 18 rings (SSSR count). The molecule has 2 aromatic heterocycles. The van der Waals surface area contributed by atoms with Gasteiger partial charge in [-0.05, 0) is 127 Å². The predicted octanol–water partition coefficient (Wildman–Crippen LogP) is 23.4. The van der Waals surface area contributed by atoms with Gasteiger partial charge in [-0.15, -0.1) is 0 Å². The van der Waals surface area contributed by atoms with Gasteiger partial charge in [0.15, 0.2) is 0 Å². The second-order valence-electron chi connectivity index (χ2n) is 23.4. The fourth-order valence-electron chi connectivity index (χ4n) is 14.7. The van der Waals surface area contributed by atoms with Gasteiger partial charge in [0.2, 0.25) is 0 Å². The fourth-order valence-corrected chi connectivity index (χ4v) is 14.7. The van der Waals surface area contributed by atoms with Crippen molar-refractivity contribution in [1.82, 2.24) is 0 Å². The molecule has 0 fully saturated rings. The van der Waals surface area contributed by atoms with Crippen molar-refractivity contribution in [2.45, 2.75) is 5.41 Å². The minimum Gasteiger partial charge on any atom is -0.455 e. The van der Waals surface area contributed by atoms with Crippen LogP contribution in [0.4, 0.5) is 34.1 Å². The summed E-state index contributed by atoms with van der Waals surface area (Å²) >= 11 is 0. The molecule has 14 aromatic carbocycles. The van der Waals surface area contributed by atoms with Crippen LogP contribution in [-0.2, 0) is 5.41 Å². The van der Waals surface area contributed by atoms with Crippen LogP contribution in [0.5, 0.6) is 0 Å². The molecule has 0 atom stereocenters. The van der Waals surface area contributed by atoms with Gasteiger partial charge in [0, 0.05) is 55.2 Å². The van der Waals surface area contributed by atoms with E-state index in [1.165, 1.54) is 22.3 Å². The van der Waals surface area contributed by atoms with Gasteiger partial charge < -0.3 is 18.6 Å². The lowest BCUT2D eigenvalue weighted by molar-refractivity contribution is 0.670. The summed E-state index contributed by atoms with van der Waals surface area (Å²) in [6.45, 7) is 0. The molecule has 0 saturated heterocycles. The van der Waals surface area contributed by atoms with Crippen LogP contribution in [0.15, 0.2) is 336 Å². The number of hydrogen-bond donors (Lipinski definition) is 0. The van der Waals surface area contributed by atoms with Gasteiger partial charge in [0.1, 0.15) is 22.3 Å². The molecule has 2 aliphatic rings. The molecule has 89 heavy (non-hydrogen) atoms. The molecule has 2 aliphatic heterocycles. The summed E-state index contributed by atoms with van der Waals surface area (Å²) in [6, 6.07) is 119. The highest BCUT2D eigenvalue weighted by Gasteiger charge is 2.52. The first kappa shape index (κ1) is 50.6. The van der Waals surface area contributed by atoms with E-state index in [0.717, 1.165) is 145 Å². The van der Waals surface area contributed by atoms with Crippen molar-refractivity contribution in [3.05, 3.63) is 350 Å². The molecule has 416 valence electrons. The van der Waals surface area contributed by atoms with E-state index in [1.807, 2.05) is 0 Å².